The first kappa shape index (κ1) is 19.6. The van der Waals surface area contributed by atoms with Gasteiger partial charge in [-0.05, 0) is 43.5 Å². The molecule has 2 aliphatic rings. The Bertz CT molecular complexity index is 1010. The lowest BCUT2D eigenvalue weighted by Gasteiger charge is -2.28. The quantitative estimate of drug-likeness (QED) is 0.734. The van der Waals surface area contributed by atoms with E-state index in [2.05, 4.69) is 31.0 Å². The molecule has 0 amide bonds. The first-order valence-electron chi connectivity index (χ1n) is 9.54. The van der Waals surface area contributed by atoms with Gasteiger partial charge in [0.15, 0.2) is 5.82 Å². The van der Waals surface area contributed by atoms with Gasteiger partial charge in [-0.3, -0.25) is 0 Å². The zero-order valence-electron chi connectivity index (χ0n) is 15.8. The van der Waals surface area contributed by atoms with Crippen LogP contribution in [-0.4, -0.2) is 50.7 Å². The number of ether oxygens (including phenoxy) is 1. The number of hydrogen-bond acceptors (Lipinski definition) is 8. The summed E-state index contributed by atoms with van der Waals surface area (Å²) in [6.45, 7) is 2.54. The summed E-state index contributed by atoms with van der Waals surface area (Å²) in [6.07, 6.45) is 4.86. The molecule has 2 N–H and O–H groups in total. The Kier molecular flexibility index (Phi) is 5.62. The van der Waals surface area contributed by atoms with Gasteiger partial charge in [-0.25, -0.2) is 18.1 Å². The van der Waals surface area contributed by atoms with E-state index < -0.39 is 10.0 Å². The Morgan fingerprint density at radius 3 is 2.48 bits per heavy atom. The first-order chi connectivity index (χ1) is 14.0. The number of aromatic nitrogens is 2. The Hall–Kier alpha value is -2.74. The maximum Gasteiger partial charge on any atom is 0.240 e. The van der Waals surface area contributed by atoms with Gasteiger partial charge in [0.1, 0.15) is 11.6 Å². The topological polar surface area (TPSA) is 120 Å². The van der Waals surface area contributed by atoms with E-state index in [0.29, 0.717) is 36.2 Å². The number of anilines is 3. The summed E-state index contributed by atoms with van der Waals surface area (Å²) in [5.41, 5.74) is 1.11. The van der Waals surface area contributed by atoms with Crippen LogP contribution in [-0.2, 0) is 14.8 Å². The number of hydrogen-bond donors (Lipinski definition) is 2. The third-order valence-corrected chi connectivity index (χ3v) is 6.46. The van der Waals surface area contributed by atoms with Gasteiger partial charge < -0.3 is 15.0 Å². The van der Waals surface area contributed by atoms with Crippen molar-refractivity contribution < 1.29 is 13.2 Å². The molecule has 2 fully saturated rings. The molecule has 2 aliphatic heterocycles. The van der Waals surface area contributed by atoms with E-state index in [4.69, 9.17) is 4.74 Å². The lowest BCUT2D eigenvalue weighted by Crippen LogP contribution is -2.48. The number of nitriles is 1. The largest absolute Gasteiger partial charge is 0.378 e. The highest BCUT2D eigenvalue weighted by molar-refractivity contribution is 7.89. The predicted octanol–water partition coefficient (Wildman–Crippen LogP) is 1.76. The van der Waals surface area contributed by atoms with E-state index in [1.165, 1.54) is 24.8 Å². The second kappa shape index (κ2) is 8.32. The monoisotopic (exact) mass is 414 g/mol. The molecule has 0 bridgehead atoms. The number of rotatable bonds is 6. The van der Waals surface area contributed by atoms with E-state index in [9.17, 15) is 13.7 Å². The van der Waals surface area contributed by atoms with E-state index >= 15 is 0 Å². The molecule has 1 aromatic heterocycles. The van der Waals surface area contributed by atoms with Gasteiger partial charge in [-0.2, -0.15) is 10.2 Å². The van der Waals surface area contributed by atoms with Gasteiger partial charge in [0.2, 0.25) is 16.0 Å². The van der Waals surface area contributed by atoms with Gasteiger partial charge in [-0.1, -0.05) is 0 Å². The van der Waals surface area contributed by atoms with Gasteiger partial charge in [0.25, 0.3) is 0 Å². The second-order valence-electron chi connectivity index (χ2n) is 7.10. The van der Waals surface area contributed by atoms with Crippen molar-refractivity contribution in [2.75, 3.05) is 36.5 Å². The fraction of sp³-hybridized carbons (Fsp3) is 0.421. The average Bonchev–Trinajstić information content (AvgIpc) is 2.72. The van der Waals surface area contributed by atoms with Crippen LogP contribution in [0.2, 0.25) is 0 Å². The van der Waals surface area contributed by atoms with Crippen molar-refractivity contribution in [3.8, 4) is 6.07 Å². The zero-order valence-corrected chi connectivity index (χ0v) is 16.7. The highest BCUT2D eigenvalue weighted by Crippen LogP contribution is 2.24. The summed E-state index contributed by atoms with van der Waals surface area (Å²) < 4.78 is 32.3. The molecule has 2 saturated heterocycles. The van der Waals surface area contributed by atoms with Crippen molar-refractivity contribution in [2.45, 2.75) is 30.2 Å². The molecule has 0 radical (unpaired) electrons. The average molecular weight is 414 g/mol. The summed E-state index contributed by atoms with van der Waals surface area (Å²) in [7, 11) is -3.57. The van der Waals surface area contributed by atoms with Gasteiger partial charge in [-0.15, -0.1) is 0 Å². The maximum absolute atomic E-state index is 12.3. The van der Waals surface area contributed by atoms with Gasteiger partial charge in [0, 0.05) is 18.8 Å². The number of nitrogens with zero attached hydrogens (tertiary/aromatic N) is 4. The normalized spacial score (nSPS) is 17.4. The fourth-order valence-corrected chi connectivity index (χ4v) is 4.50. The summed E-state index contributed by atoms with van der Waals surface area (Å²) in [5, 5.41) is 12.5. The number of nitrogens with one attached hydrogen (secondary N) is 2. The lowest BCUT2D eigenvalue weighted by atomic mass is 10.1. The predicted molar refractivity (Wildman–Crippen MR) is 107 cm³/mol. The van der Waals surface area contributed by atoms with Gasteiger partial charge in [0.05, 0.1) is 30.3 Å². The molecule has 29 heavy (non-hydrogen) atoms. The molecule has 0 saturated carbocycles. The minimum Gasteiger partial charge on any atom is -0.378 e. The van der Waals surface area contributed by atoms with Crippen LogP contribution < -0.4 is 14.9 Å². The van der Waals surface area contributed by atoms with Crippen LogP contribution in [0.1, 0.15) is 24.8 Å². The molecule has 0 aliphatic carbocycles. The molecule has 2 aromatic rings. The second-order valence-corrected chi connectivity index (χ2v) is 8.81. The fourth-order valence-electron chi connectivity index (χ4n) is 3.30. The van der Waals surface area contributed by atoms with E-state index in [0.717, 1.165) is 25.9 Å². The number of sulfonamides is 1. The van der Waals surface area contributed by atoms with Crippen molar-refractivity contribution in [3.05, 3.63) is 36.0 Å². The van der Waals surface area contributed by atoms with Crippen LogP contribution in [0.3, 0.4) is 0 Å². The molecule has 0 spiro atoms. The van der Waals surface area contributed by atoms with E-state index in [1.807, 2.05) is 0 Å². The highest BCUT2D eigenvalue weighted by atomic mass is 32.2. The smallest absolute Gasteiger partial charge is 0.240 e. The molecule has 152 valence electrons. The molecule has 0 atom stereocenters. The van der Waals surface area contributed by atoms with Crippen molar-refractivity contribution >= 4 is 27.5 Å². The Balaban J connectivity index is 1.49. The molecule has 1 aromatic carbocycles. The van der Waals surface area contributed by atoms with Crippen molar-refractivity contribution in [1.29, 1.82) is 5.26 Å². The van der Waals surface area contributed by atoms with Crippen LogP contribution in [0.4, 0.5) is 17.5 Å². The SMILES string of the molecule is N#Cc1cnc(Nc2ccc(S(=O)(=O)NC3COC3)cc2)nc1N1CCCCC1. The van der Waals surface area contributed by atoms with E-state index in [1.54, 1.807) is 12.1 Å². The van der Waals surface area contributed by atoms with E-state index in [-0.39, 0.29) is 10.9 Å². The van der Waals surface area contributed by atoms with Crippen molar-refractivity contribution in [2.24, 2.45) is 0 Å². The summed E-state index contributed by atoms with van der Waals surface area (Å²) in [6, 6.07) is 8.36. The highest BCUT2D eigenvalue weighted by Gasteiger charge is 2.25. The number of benzene rings is 1. The summed E-state index contributed by atoms with van der Waals surface area (Å²) in [5.74, 6) is 1.00. The van der Waals surface area contributed by atoms with Crippen LogP contribution in [0.5, 0.6) is 0 Å². The van der Waals surface area contributed by atoms with Crippen molar-refractivity contribution in [3.63, 3.8) is 0 Å². The maximum atomic E-state index is 12.3. The Morgan fingerprint density at radius 2 is 1.86 bits per heavy atom. The molecular formula is C19H22N6O3S. The van der Waals surface area contributed by atoms with Crippen LogP contribution >= 0.6 is 0 Å². The third-order valence-electron chi connectivity index (χ3n) is 4.93. The molecule has 0 unspecified atom stereocenters. The molecule has 3 heterocycles. The lowest BCUT2D eigenvalue weighted by molar-refractivity contribution is 0.00482. The number of piperidine rings is 1. The van der Waals surface area contributed by atoms with Crippen LogP contribution in [0.15, 0.2) is 35.4 Å². The minimum absolute atomic E-state index is 0.168. The molecule has 4 rings (SSSR count). The Labute approximate surface area is 169 Å². The van der Waals surface area contributed by atoms with Crippen LogP contribution in [0, 0.1) is 11.3 Å². The van der Waals surface area contributed by atoms with Crippen molar-refractivity contribution in [1.82, 2.24) is 14.7 Å². The summed E-state index contributed by atoms with van der Waals surface area (Å²) >= 11 is 0. The van der Waals surface area contributed by atoms with Gasteiger partial charge >= 0.3 is 0 Å². The van der Waals surface area contributed by atoms with Crippen LogP contribution in [0.25, 0.3) is 0 Å². The Morgan fingerprint density at radius 1 is 1.14 bits per heavy atom. The third kappa shape index (κ3) is 4.48. The zero-order chi connectivity index (χ0) is 20.3. The minimum atomic E-state index is -3.57. The standard InChI is InChI=1S/C19H22N6O3S/c20-10-14-11-21-19(23-18(14)25-8-2-1-3-9-25)22-15-4-6-17(7-5-15)29(26,27)24-16-12-28-13-16/h4-7,11,16,24H,1-3,8-9,12-13H2,(H,21,22,23). The first-order valence-corrected chi connectivity index (χ1v) is 11.0. The molecular weight excluding hydrogens is 392 g/mol. The molecule has 9 nitrogen and oxygen atoms in total. The molecule has 10 heteroatoms. The summed E-state index contributed by atoms with van der Waals surface area (Å²) in [4.78, 5) is 11.0.